The van der Waals surface area contributed by atoms with Crippen LogP contribution in [-0.4, -0.2) is 22.2 Å². The van der Waals surface area contributed by atoms with E-state index in [0.29, 0.717) is 17.5 Å². The van der Waals surface area contributed by atoms with Crippen LogP contribution in [0.25, 0.3) is 0 Å². The first-order valence-corrected chi connectivity index (χ1v) is 8.89. The van der Waals surface area contributed by atoms with Crippen LogP contribution in [0.4, 0.5) is 0 Å². The first-order chi connectivity index (χ1) is 12.2. The van der Waals surface area contributed by atoms with Crippen molar-refractivity contribution in [3.05, 3.63) is 70.8 Å². The van der Waals surface area contributed by atoms with Crippen molar-refractivity contribution in [2.24, 2.45) is 5.92 Å². The number of hydrogen-bond donors (Lipinski definition) is 2. The second-order valence-corrected chi connectivity index (χ2v) is 7.33. The molecule has 0 amide bonds. The average molecular weight is 354 g/mol. The molecule has 26 heavy (non-hydrogen) atoms. The molecule has 2 aromatic rings. The molecule has 4 nitrogen and oxygen atoms in total. The molecule has 2 aromatic carbocycles. The maximum Gasteiger partial charge on any atom is 0.335 e. The molecule has 0 bridgehead atoms. The zero-order chi connectivity index (χ0) is 19.3. The second-order valence-electron chi connectivity index (χ2n) is 7.33. The Morgan fingerprint density at radius 3 is 2.08 bits per heavy atom. The third-order valence-electron chi connectivity index (χ3n) is 5.41. The van der Waals surface area contributed by atoms with Crippen LogP contribution in [-0.2, 0) is 11.8 Å². The molecule has 2 rings (SSSR count). The molecule has 2 N–H and O–H groups in total. The maximum atomic E-state index is 11.5. The van der Waals surface area contributed by atoms with Crippen molar-refractivity contribution in [2.75, 3.05) is 0 Å². The zero-order valence-corrected chi connectivity index (χ0v) is 15.5. The Bertz CT molecular complexity index is 792. The maximum absolute atomic E-state index is 11.5. The third-order valence-corrected chi connectivity index (χ3v) is 5.41. The molecule has 0 radical (unpaired) electrons. The van der Waals surface area contributed by atoms with Crippen LogP contribution in [0.2, 0.25) is 0 Å². The number of carboxylic acids is 2. The van der Waals surface area contributed by atoms with E-state index in [1.165, 1.54) is 0 Å². The van der Waals surface area contributed by atoms with Crippen molar-refractivity contribution < 1.29 is 19.8 Å². The summed E-state index contributed by atoms with van der Waals surface area (Å²) >= 11 is 0. The van der Waals surface area contributed by atoms with Gasteiger partial charge in [-0.15, -0.1) is 0 Å². The van der Waals surface area contributed by atoms with Gasteiger partial charge in [-0.3, -0.25) is 0 Å². The summed E-state index contributed by atoms with van der Waals surface area (Å²) in [6.45, 7) is 6.27. The molecule has 4 heteroatoms. The van der Waals surface area contributed by atoms with Gasteiger partial charge in [-0.1, -0.05) is 57.2 Å². The van der Waals surface area contributed by atoms with Crippen molar-refractivity contribution in [2.45, 2.75) is 45.4 Å². The Morgan fingerprint density at radius 2 is 1.46 bits per heavy atom. The van der Waals surface area contributed by atoms with Crippen LogP contribution >= 0.6 is 0 Å². The van der Waals surface area contributed by atoms with Crippen molar-refractivity contribution in [3.63, 3.8) is 0 Å². The third kappa shape index (κ3) is 4.31. The van der Waals surface area contributed by atoms with Crippen LogP contribution in [0.5, 0.6) is 0 Å². The molecule has 138 valence electrons. The number of rotatable bonds is 8. The first-order valence-electron chi connectivity index (χ1n) is 8.89. The summed E-state index contributed by atoms with van der Waals surface area (Å²) < 4.78 is 0. The molecule has 1 atom stereocenters. The van der Waals surface area contributed by atoms with Gasteiger partial charge in [0, 0.05) is 0 Å². The van der Waals surface area contributed by atoms with E-state index in [2.05, 4.69) is 20.8 Å². The fraction of sp³-hybridized carbons (Fsp3) is 0.364. The van der Waals surface area contributed by atoms with E-state index < -0.39 is 11.9 Å². The highest BCUT2D eigenvalue weighted by molar-refractivity contribution is 5.90. The molecule has 0 fully saturated rings. The van der Waals surface area contributed by atoms with E-state index in [4.69, 9.17) is 0 Å². The van der Waals surface area contributed by atoms with Gasteiger partial charge in [0.1, 0.15) is 0 Å². The van der Waals surface area contributed by atoms with E-state index in [9.17, 15) is 19.8 Å². The smallest absolute Gasteiger partial charge is 0.335 e. The minimum atomic E-state index is -0.906. The number of aryl methyl sites for hydroxylation is 1. The van der Waals surface area contributed by atoms with E-state index >= 15 is 0 Å². The quantitative estimate of drug-likeness (QED) is 0.698. The lowest BCUT2D eigenvalue weighted by Gasteiger charge is -2.33. The Hall–Kier alpha value is -2.62. The summed E-state index contributed by atoms with van der Waals surface area (Å²) in [4.78, 5) is 22.8. The van der Waals surface area contributed by atoms with E-state index in [-0.39, 0.29) is 11.3 Å². The van der Waals surface area contributed by atoms with Gasteiger partial charge in [-0.2, -0.15) is 0 Å². The van der Waals surface area contributed by atoms with Gasteiger partial charge in [0.15, 0.2) is 0 Å². The Morgan fingerprint density at radius 1 is 0.923 bits per heavy atom. The highest BCUT2D eigenvalue weighted by atomic mass is 16.4. The van der Waals surface area contributed by atoms with Gasteiger partial charge in [0.05, 0.1) is 11.1 Å². The van der Waals surface area contributed by atoms with Crippen LogP contribution < -0.4 is 0 Å². The molecule has 0 heterocycles. The van der Waals surface area contributed by atoms with E-state index in [0.717, 1.165) is 24.0 Å². The summed E-state index contributed by atoms with van der Waals surface area (Å²) in [5.74, 6) is -1.55. The molecule has 0 saturated heterocycles. The summed E-state index contributed by atoms with van der Waals surface area (Å²) in [5, 5.41) is 18.7. The predicted octanol–water partition coefficient (Wildman–Crippen LogP) is 5.02. The lowest BCUT2D eigenvalue weighted by molar-refractivity contribution is 0.0683. The molecule has 0 aliphatic heterocycles. The van der Waals surface area contributed by atoms with Gasteiger partial charge in [-0.25, -0.2) is 9.59 Å². The highest BCUT2D eigenvalue weighted by Gasteiger charge is 2.31. The molecule has 0 aliphatic rings. The summed E-state index contributed by atoms with van der Waals surface area (Å²) in [6.07, 6.45) is 2.43. The standard InChI is InChI=1S/C22H26O4/c1-15(9-8-11-16-10-4-5-12-17(16)20(23)24)22(2,3)19-14-7-6-13-18(19)21(25)26/h4-7,10,12-15H,8-9,11H2,1-3H3,(H,23,24)(H,25,26). The fourth-order valence-electron chi connectivity index (χ4n) is 3.40. The Kier molecular flexibility index (Phi) is 6.19. The molecule has 0 saturated carbocycles. The lowest BCUT2D eigenvalue weighted by Crippen LogP contribution is -2.29. The molecule has 0 spiro atoms. The van der Waals surface area contributed by atoms with Gasteiger partial charge >= 0.3 is 11.9 Å². The molecular weight excluding hydrogens is 328 g/mol. The summed E-state index contributed by atoms with van der Waals surface area (Å²) in [5.41, 5.74) is 2.10. The molecule has 1 unspecified atom stereocenters. The van der Waals surface area contributed by atoms with E-state index in [1.54, 1.807) is 24.3 Å². The fourth-order valence-corrected chi connectivity index (χ4v) is 3.40. The topological polar surface area (TPSA) is 74.6 Å². The van der Waals surface area contributed by atoms with Crippen LogP contribution in [0.15, 0.2) is 48.5 Å². The van der Waals surface area contributed by atoms with Crippen LogP contribution in [0.3, 0.4) is 0 Å². The molecule has 0 aromatic heterocycles. The number of benzene rings is 2. The normalized spacial score (nSPS) is 12.6. The Labute approximate surface area is 154 Å². The van der Waals surface area contributed by atoms with Crippen LogP contribution in [0.1, 0.15) is 65.5 Å². The van der Waals surface area contributed by atoms with Gasteiger partial charge in [-0.05, 0) is 53.9 Å². The van der Waals surface area contributed by atoms with Gasteiger partial charge in [0.25, 0.3) is 0 Å². The molecule has 0 aliphatic carbocycles. The SMILES string of the molecule is CC(CCCc1ccccc1C(=O)O)C(C)(C)c1ccccc1C(=O)O. The van der Waals surface area contributed by atoms with Gasteiger partial charge in [0.2, 0.25) is 0 Å². The first kappa shape index (κ1) is 19.7. The summed E-state index contributed by atoms with van der Waals surface area (Å²) in [6, 6.07) is 14.2. The van der Waals surface area contributed by atoms with E-state index in [1.807, 2.05) is 24.3 Å². The lowest BCUT2D eigenvalue weighted by atomic mass is 9.70. The average Bonchev–Trinajstić information content (AvgIpc) is 2.61. The number of aromatic carboxylic acids is 2. The molecular formula is C22H26O4. The number of carbonyl (C=O) groups is 2. The summed E-state index contributed by atoms with van der Waals surface area (Å²) in [7, 11) is 0. The highest BCUT2D eigenvalue weighted by Crippen LogP contribution is 2.36. The van der Waals surface area contributed by atoms with Gasteiger partial charge < -0.3 is 10.2 Å². The number of hydrogen-bond acceptors (Lipinski definition) is 2. The zero-order valence-electron chi connectivity index (χ0n) is 15.5. The van der Waals surface area contributed by atoms with Crippen molar-refractivity contribution in [1.29, 1.82) is 0 Å². The van der Waals surface area contributed by atoms with Crippen LogP contribution in [0, 0.1) is 5.92 Å². The van der Waals surface area contributed by atoms with Crippen molar-refractivity contribution >= 4 is 11.9 Å². The largest absolute Gasteiger partial charge is 0.478 e. The van der Waals surface area contributed by atoms with Crippen molar-refractivity contribution in [3.8, 4) is 0 Å². The van der Waals surface area contributed by atoms with Crippen molar-refractivity contribution in [1.82, 2.24) is 0 Å². The monoisotopic (exact) mass is 354 g/mol. The second kappa shape index (κ2) is 8.17. The Balaban J connectivity index is 2.09. The predicted molar refractivity (Wildman–Crippen MR) is 102 cm³/mol. The minimum Gasteiger partial charge on any atom is -0.478 e. The minimum absolute atomic E-state index is 0.250. The number of carboxylic acid groups (broad SMARTS) is 2.